The Morgan fingerprint density at radius 2 is 1.77 bits per heavy atom. The summed E-state index contributed by atoms with van der Waals surface area (Å²) in [7, 11) is 5.61. The first-order valence-electron chi connectivity index (χ1n) is 13.4. The van der Waals surface area contributed by atoms with Gasteiger partial charge in [-0.2, -0.15) is 0 Å². The highest BCUT2D eigenvalue weighted by molar-refractivity contribution is 7.09. The van der Waals surface area contributed by atoms with Gasteiger partial charge in [-0.1, -0.05) is 20.8 Å². The van der Waals surface area contributed by atoms with Gasteiger partial charge in [-0.25, -0.2) is 14.6 Å². The van der Waals surface area contributed by atoms with Gasteiger partial charge in [0.1, 0.15) is 6.61 Å². The Morgan fingerprint density at radius 3 is 2.38 bits per heavy atom. The molecule has 0 radical (unpaired) electrons. The number of hydrogen-bond acceptors (Lipinski definition) is 9. The van der Waals surface area contributed by atoms with Crippen molar-refractivity contribution in [2.75, 3.05) is 27.7 Å². The monoisotopic (exact) mass is 580 g/mol. The highest BCUT2D eigenvalue weighted by Crippen LogP contribution is 2.20. The fourth-order valence-electron chi connectivity index (χ4n) is 3.82. The van der Waals surface area contributed by atoms with Gasteiger partial charge in [-0.15, -0.1) is 22.7 Å². The first-order valence-corrected chi connectivity index (χ1v) is 15.1. The van der Waals surface area contributed by atoms with Crippen LogP contribution < -0.4 is 10.6 Å². The Bertz CT molecular complexity index is 1030. The van der Waals surface area contributed by atoms with Crippen LogP contribution in [0.25, 0.3) is 0 Å². The summed E-state index contributed by atoms with van der Waals surface area (Å²) in [6.45, 7) is 9.41. The van der Waals surface area contributed by atoms with Crippen molar-refractivity contribution in [2.45, 2.75) is 84.5 Å². The number of ketones is 1. The molecule has 0 fully saturated rings. The number of carbonyl (C=O) groups excluding carboxylic acids is 3. The molecule has 0 bridgehead atoms. The number of nitrogens with zero attached hydrogens (tertiary/aromatic N) is 4. The van der Waals surface area contributed by atoms with E-state index in [1.807, 2.05) is 38.2 Å². The van der Waals surface area contributed by atoms with Gasteiger partial charge in [0.05, 0.1) is 33.7 Å². The normalized spacial score (nSPS) is 13.7. The summed E-state index contributed by atoms with van der Waals surface area (Å²) in [6, 6.07) is -0.937. The molecule has 0 spiro atoms. The largest absolute Gasteiger partial charge is 0.444 e. The van der Waals surface area contributed by atoms with E-state index >= 15 is 0 Å². The minimum absolute atomic E-state index is 0.0198. The molecule has 12 heteroatoms. The van der Waals surface area contributed by atoms with E-state index in [1.54, 1.807) is 35.0 Å². The molecule has 0 saturated heterocycles. The fraction of sp³-hybridized carbons (Fsp3) is 0.667. The third-order valence-electron chi connectivity index (χ3n) is 6.20. The standard InChI is InChI=1S/C27H44N6O4S2/c1-18(2)25-30-21(16-38-25)14-33(7)26(35)31-23(10-11-32(5)6)24(34)12-19(3)8-9-20(4)29-27(36)37-15-22-13-28-17-39-22/h13,16-20,23H,8-12,14-15H2,1-7H3,(H,29,36)(H,31,35). The smallest absolute Gasteiger partial charge is 0.407 e. The molecule has 3 unspecified atom stereocenters. The van der Waals surface area contributed by atoms with Crippen molar-refractivity contribution >= 4 is 40.6 Å². The summed E-state index contributed by atoms with van der Waals surface area (Å²) in [4.78, 5) is 51.2. The van der Waals surface area contributed by atoms with E-state index in [-0.39, 0.29) is 30.4 Å². The Hall–Kier alpha value is -2.57. The van der Waals surface area contributed by atoms with E-state index in [4.69, 9.17) is 4.74 Å². The van der Waals surface area contributed by atoms with Crippen LogP contribution in [0.2, 0.25) is 0 Å². The van der Waals surface area contributed by atoms with Crippen LogP contribution in [0.3, 0.4) is 0 Å². The number of carbonyl (C=O) groups is 3. The summed E-state index contributed by atoms with van der Waals surface area (Å²) in [5.41, 5.74) is 2.54. The molecule has 39 heavy (non-hydrogen) atoms. The van der Waals surface area contributed by atoms with E-state index in [1.165, 1.54) is 11.3 Å². The Morgan fingerprint density at radius 1 is 1.03 bits per heavy atom. The Labute approximate surface area is 240 Å². The summed E-state index contributed by atoms with van der Waals surface area (Å²) < 4.78 is 5.23. The van der Waals surface area contributed by atoms with E-state index in [2.05, 4.69) is 34.4 Å². The lowest BCUT2D eigenvalue weighted by Gasteiger charge is -2.25. The van der Waals surface area contributed by atoms with Crippen LogP contribution in [-0.2, 0) is 22.7 Å². The van der Waals surface area contributed by atoms with Gasteiger partial charge in [-0.05, 0) is 52.7 Å². The molecule has 2 aromatic rings. The van der Waals surface area contributed by atoms with Gasteiger partial charge >= 0.3 is 12.1 Å². The molecular weight excluding hydrogens is 536 g/mol. The van der Waals surface area contributed by atoms with Crippen LogP contribution in [0, 0.1) is 5.92 Å². The molecule has 2 aromatic heterocycles. The van der Waals surface area contributed by atoms with E-state index < -0.39 is 12.1 Å². The molecular formula is C27H44N6O4S2. The van der Waals surface area contributed by atoms with Gasteiger partial charge < -0.3 is 25.2 Å². The Kier molecular flexibility index (Phi) is 13.8. The maximum Gasteiger partial charge on any atom is 0.407 e. The topological polar surface area (TPSA) is 117 Å². The molecule has 3 amide bonds. The number of aromatic nitrogens is 2. The van der Waals surface area contributed by atoms with Crippen LogP contribution in [0.5, 0.6) is 0 Å². The molecule has 0 aromatic carbocycles. The maximum atomic E-state index is 13.2. The van der Waals surface area contributed by atoms with E-state index in [0.29, 0.717) is 38.3 Å². The number of rotatable bonds is 16. The van der Waals surface area contributed by atoms with Gasteiger partial charge in [0, 0.05) is 37.0 Å². The summed E-state index contributed by atoms with van der Waals surface area (Å²) in [5.74, 6) is 0.474. The summed E-state index contributed by atoms with van der Waals surface area (Å²) in [6.07, 6.45) is 3.58. The van der Waals surface area contributed by atoms with Gasteiger partial charge in [0.15, 0.2) is 5.78 Å². The number of hydrogen-bond donors (Lipinski definition) is 2. The molecule has 2 heterocycles. The lowest BCUT2D eigenvalue weighted by Crippen LogP contribution is -2.47. The third kappa shape index (κ3) is 12.4. The minimum Gasteiger partial charge on any atom is -0.444 e. The van der Waals surface area contributed by atoms with E-state index in [0.717, 1.165) is 22.0 Å². The zero-order valence-electron chi connectivity index (χ0n) is 24.2. The van der Waals surface area contributed by atoms with Crippen molar-refractivity contribution in [3.8, 4) is 0 Å². The molecule has 2 N–H and O–H groups in total. The zero-order valence-corrected chi connectivity index (χ0v) is 25.9. The van der Waals surface area contributed by atoms with Crippen molar-refractivity contribution in [2.24, 2.45) is 5.92 Å². The van der Waals surface area contributed by atoms with E-state index in [9.17, 15) is 14.4 Å². The number of urea groups is 1. The average Bonchev–Trinajstić information content (AvgIpc) is 3.56. The van der Waals surface area contributed by atoms with Crippen molar-refractivity contribution in [1.29, 1.82) is 0 Å². The highest BCUT2D eigenvalue weighted by atomic mass is 32.1. The lowest BCUT2D eigenvalue weighted by molar-refractivity contribution is -0.122. The third-order valence-corrected chi connectivity index (χ3v) is 8.14. The quantitative estimate of drug-likeness (QED) is 0.291. The molecule has 218 valence electrons. The van der Waals surface area contributed by atoms with Crippen LogP contribution in [0.4, 0.5) is 9.59 Å². The molecule has 0 aliphatic rings. The second-order valence-electron chi connectivity index (χ2n) is 10.7. The molecule has 3 atom stereocenters. The molecule has 10 nitrogen and oxygen atoms in total. The van der Waals surface area contributed by atoms with Crippen LogP contribution in [-0.4, -0.2) is 77.4 Å². The lowest BCUT2D eigenvalue weighted by atomic mass is 9.93. The van der Waals surface area contributed by atoms with Crippen molar-refractivity contribution in [3.05, 3.63) is 32.7 Å². The Balaban J connectivity index is 1.82. The average molecular weight is 581 g/mol. The molecule has 2 rings (SSSR count). The van der Waals surface area contributed by atoms with Crippen LogP contribution >= 0.6 is 22.7 Å². The van der Waals surface area contributed by atoms with Gasteiger partial charge in [-0.3, -0.25) is 9.78 Å². The number of amides is 3. The number of nitrogens with one attached hydrogen (secondary N) is 2. The van der Waals surface area contributed by atoms with Crippen LogP contribution in [0.1, 0.15) is 74.9 Å². The second-order valence-corrected chi connectivity index (χ2v) is 12.6. The van der Waals surface area contributed by atoms with Crippen molar-refractivity contribution in [3.63, 3.8) is 0 Å². The van der Waals surface area contributed by atoms with Crippen molar-refractivity contribution in [1.82, 2.24) is 30.4 Å². The first-order chi connectivity index (χ1) is 18.4. The zero-order chi connectivity index (χ0) is 28.9. The number of thiazole rings is 2. The predicted octanol–water partition coefficient (Wildman–Crippen LogP) is 4.88. The molecule has 0 aliphatic heterocycles. The predicted molar refractivity (Wildman–Crippen MR) is 156 cm³/mol. The SMILES string of the molecule is CC(CCC(C)NC(=O)OCc1cncs1)CC(=O)C(CCN(C)C)NC(=O)N(C)Cc1csc(C(C)C)n1. The number of Topliss-reactive ketones (excluding diaryl/α,β-unsaturated/α-hetero) is 1. The summed E-state index contributed by atoms with van der Waals surface area (Å²) >= 11 is 3.03. The maximum absolute atomic E-state index is 13.2. The van der Waals surface area contributed by atoms with Gasteiger partial charge in [0.25, 0.3) is 0 Å². The summed E-state index contributed by atoms with van der Waals surface area (Å²) in [5, 5.41) is 8.82. The minimum atomic E-state index is -0.566. The van der Waals surface area contributed by atoms with Crippen LogP contribution in [0.15, 0.2) is 17.1 Å². The first kappa shape index (κ1) is 32.6. The fourth-order valence-corrected chi connectivity index (χ4v) is 5.15. The molecule has 0 saturated carbocycles. The number of ether oxygens (including phenoxy) is 1. The van der Waals surface area contributed by atoms with Gasteiger partial charge in [0.2, 0.25) is 0 Å². The second kappa shape index (κ2) is 16.5. The number of alkyl carbamates (subject to hydrolysis) is 1. The molecule has 0 aliphatic carbocycles. The van der Waals surface area contributed by atoms with Crippen molar-refractivity contribution < 1.29 is 19.1 Å². The highest BCUT2D eigenvalue weighted by Gasteiger charge is 2.24.